The molecule has 0 atom stereocenters. The van der Waals surface area contributed by atoms with Gasteiger partial charge in [0.1, 0.15) is 17.3 Å². The molecule has 0 spiro atoms. The van der Waals surface area contributed by atoms with Crippen LogP contribution in [0.25, 0.3) is 0 Å². The average molecular weight is 400 g/mol. The van der Waals surface area contributed by atoms with Crippen LogP contribution < -0.4 is 14.8 Å². The number of likely N-dealkylation sites (tertiary alicyclic amines) is 1. The van der Waals surface area contributed by atoms with Crippen LogP contribution in [-0.4, -0.2) is 50.1 Å². The summed E-state index contributed by atoms with van der Waals surface area (Å²) in [6, 6.07) is 13.1. The van der Waals surface area contributed by atoms with Crippen molar-refractivity contribution < 1.29 is 23.5 Å². The quantitative estimate of drug-likeness (QED) is 0.776. The average Bonchev–Trinajstić information content (AvgIpc) is 2.77. The van der Waals surface area contributed by atoms with E-state index in [1.54, 1.807) is 48.4 Å². The molecule has 1 N–H and O–H groups in total. The molecule has 0 saturated carbocycles. The lowest BCUT2D eigenvalue weighted by atomic mass is 9.96. The fraction of sp³-hybridized carbons (Fsp3) is 0.364. The van der Waals surface area contributed by atoms with Gasteiger partial charge in [0.2, 0.25) is 0 Å². The van der Waals surface area contributed by atoms with Crippen molar-refractivity contribution in [3.8, 4) is 11.5 Å². The van der Waals surface area contributed by atoms with Crippen LogP contribution in [-0.2, 0) is 4.79 Å². The minimum absolute atomic E-state index is 0.0586. The van der Waals surface area contributed by atoms with Crippen LogP contribution in [0.5, 0.6) is 11.5 Å². The van der Waals surface area contributed by atoms with Gasteiger partial charge in [0.05, 0.1) is 12.7 Å². The van der Waals surface area contributed by atoms with Gasteiger partial charge >= 0.3 is 0 Å². The minimum atomic E-state index is -0.497. The van der Waals surface area contributed by atoms with E-state index in [-0.39, 0.29) is 29.9 Å². The smallest absolute Gasteiger partial charge is 0.257 e. The van der Waals surface area contributed by atoms with Gasteiger partial charge in [0.15, 0.2) is 6.61 Å². The summed E-state index contributed by atoms with van der Waals surface area (Å²) in [5.41, 5.74) is 0.106. The first-order valence-electron chi connectivity index (χ1n) is 9.64. The lowest BCUT2D eigenvalue weighted by Gasteiger charge is -2.32. The van der Waals surface area contributed by atoms with E-state index in [1.807, 2.05) is 0 Å². The first kappa shape index (κ1) is 20.6. The van der Waals surface area contributed by atoms with Crippen molar-refractivity contribution in [2.45, 2.75) is 12.8 Å². The Morgan fingerprint density at radius 3 is 2.38 bits per heavy atom. The Balaban J connectivity index is 1.37. The van der Waals surface area contributed by atoms with E-state index in [0.29, 0.717) is 25.4 Å². The number of halogens is 1. The summed E-state index contributed by atoms with van der Waals surface area (Å²) in [5.74, 6) is 0.639. The Hall–Kier alpha value is -3.09. The van der Waals surface area contributed by atoms with Gasteiger partial charge in [0, 0.05) is 19.6 Å². The maximum Gasteiger partial charge on any atom is 0.257 e. The zero-order valence-electron chi connectivity index (χ0n) is 16.4. The third kappa shape index (κ3) is 5.70. The number of hydrogen-bond donors (Lipinski definition) is 1. The zero-order valence-corrected chi connectivity index (χ0v) is 16.4. The number of hydrogen-bond acceptors (Lipinski definition) is 4. The van der Waals surface area contributed by atoms with E-state index in [2.05, 4.69) is 5.32 Å². The Morgan fingerprint density at radius 2 is 1.72 bits per heavy atom. The van der Waals surface area contributed by atoms with Gasteiger partial charge in [-0.05, 0) is 55.2 Å². The number of amides is 2. The third-order valence-corrected chi connectivity index (χ3v) is 5.02. The molecule has 1 fully saturated rings. The molecule has 1 heterocycles. The van der Waals surface area contributed by atoms with Crippen LogP contribution >= 0.6 is 0 Å². The summed E-state index contributed by atoms with van der Waals surface area (Å²) in [5, 5.41) is 2.88. The second-order valence-electron chi connectivity index (χ2n) is 6.98. The molecular weight excluding hydrogens is 375 g/mol. The first-order chi connectivity index (χ1) is 14.1. The predicted octanol–water partition coefficient (Wildman–Crippen LogP) is 2.88. The second-order valence-corrected chi connectivity index (χ2v) is 6.98. The molecule has 2 aromatic rings. The standard InChI is InChI=1S/C22H25FN2O4/c1-28-17-6-8-18(9-7-17)29-15-21(26)24-14-16-10-12-25(13-11-16)22(27)19-4-2-3-5-20(19)23/h2-9,16H,10-15H2,1H3,(H,24,26). The molecule has 1 aliphatic rings. The second kappa shape index (κ2) is 9.91. The summed E-state index contributed by atoms with van der Waals surface area (Å²) < 4.78 is 24.3. The highest BCUT2D eigenvalue weighted by Gasteiger charge is 2.25. The third-order valence-electron chi connectivity index (χ3n) is 5.02. The van der Waals surface area contributed by atoms with E-state index in [4.69, 9.17) is 9.47 Å². The molecule has 6 nitrogen and oxygen atoms in total. The number of nitrogens with zero attached hydrogens (tertiary/aromatic N) is 1. The molecule has 154 valence electrons. The summed E-state index contributed by atoms with van der Waals surface area (Å²) in [7, 11) is 1.59. The number of ether oxygens (including phenoxy) is 2. The highest BCUT2D eigenvalue weighted by Crippen LogP contribution is 2.20. The summed E-state index contributed by atoms with van der Waals surface area (Å²) in [4.78, 5) is 26.1. The number of benzene rings is 2. The monoisotopic (exact) mass is 400 g/mol. The van der Waals surface area contributed by atoms with Crippen LogP contribution in [0.3, 0.4) is 0 Å². The van der Waals surface area contributed by atoms with E-state index < -0.39 is 5.82 Å². The first-order valence-corrected chi connectivity index (χ1v) is 9.64. The van der Waals surface area contributed by atoms with Crippen molar-refractivity contribution in [1.29, 1.82) is 0 Å². The minimum Gasteiger partial charge on any atom is -0.497 e. The van der Waals surface area contributed by atoms with Crippen molar-refractivity contribution >= 4 is 11.8 Å². The molecule has 1 saturated heterocycles. The molecule has 2 amide bonds. The molecule has 1 aliphatic heterocycles. The Morgan fingerprint density at radius 1 is 1.07 bits per heavy atom. The van der Waals surface area contributed by atoms with Gasteiger partial charge in [-0.3, -0.25) is 9.59 Å². The summed E-state index contributed by atoms with van der Waals surface area (Å²) >= 11 is 0. The molecule has 0 aliphatic carbocycles. The molecule has 2 aromatic carbocycles. The largest absolute Gasteiger partial charge is 0.497 e. The van der Waals surface area contributed by atoms with Gasteiger partial charge in [0.25, 0.3) is 11.8 Å². The topological polar surface area (TPSA) is 67.9 Å². The number of piperidine rings is 1. The van der Waals surface area contributed by atoms with E-state index in [0.717, 1.165) is 18.6 Å². The Labute approximate surface area is 169 Å². The summed E-state index contributed by atoms with van der Waals surface area (Å²) in [6.45, 7) is 1.58. The van der Waals surface area contributed by atoms with Gasteiger partial charge in [-0.2, -0.15) is 0 Å². The van der Waals surface area contributed by atoms with Crippen LogP contribution in [0.2, 0.25) is 0 Å². The molecule has 0 bridgehead atoms. The molecule has 0 unspecified atom stereocenters. The van der Waals surface area contributed by atoms with Crippen molar-refractivity contribution in [3.63, 3.8) is 0 Å². The van der Waals surface area contributed by atoms with Gasteiger partial charge in [-0.15, -0.1) is 0 Å². The highest BCUT2D eigenvalue weighted by molar-refractivity contribution is 5.94. The van der Waals surface area contributed by atoms with Crippen molar-refractivity contribution in [1.82, 2.24) is 10.2 Å². The lowest BCUT2D eigenvalue weighted by Crippen LogP contribution is -2.42. The maximum absolute atomic E-state index is 13.8. The predicted molar refractivity (Wildman–Crippen MR) is 107 cm³/mol. The SMILES string of the molecule is COc1ccc(OCC(=O)NCC2CCN(C(=O)c3ccccc3F)CC2)cc1. The van der Waals surface area contributed by atoms with Crippen molar-refractivity contribution in [2.24, 2.45) is 5.92 Å². The van der Waals surface area contributed by atoms with Crippen LogP contribution in [0, 0.1) is 11.7 Å². The zero-order chi connectivity index (χ0) is 20.6. The molecular formula is C22H25FN2O4. The van der Waals surface area contributed by atoms with Gasteiger partial charge in [-0.25, -0.2) is 4.39 Å². The Kier molecular flexibility index (Phi) is 7.05. The van der Waals surface area contributed by atoms with Gasteiger partial charge in [-0.1, -0.05) is 12.1 Å². The lowest BCUT2D eigenvalue weighted by molar-refractivity contribution is -0.123. The normalized spacial score (nSPS) is 14.3. The number of methoxy groups -OCH3 is 1. The number of carbonyl (C=O) groups is 2. The van der Waals surface area contributed by atoms with E-state index >= 15 is 0 Å². The number of carbonyl (C=O) groups excluding carboxylic acids is 2. The van der Waals surface area contributed by atoms with Crippen molar-refractivity contribution in [3.05, 3.63) is 59.9 Å². The Bertz CT molecular complexity index is 833. The van der Waals surface area contributed by atoms with Crippen LogP contribution in [0.15, 0.2) is 48.5 Å². The fourth-order valence-corrected chi connectivity index (χ4v) is 3.28. The van der Waals surface area contributed by atoms with E-state index in [9.17, 15) is 14.0 Å². The fourth-order valence-electron chi connectivity index (χ4n) is 3.28. The van der Waals surface area contributed by atoms with E-state index in [1.165, 1.54) is 12.1 Å². The molecule has 7 heteroatoms. The van der Waals surface area contributed by atoms with Crippen LogP contribution in [0.4, 0.5) is 4.39 Å². The number of nitrogens with one attached hydrogen (secondary N) is 1. The van der Waals surface area contributed by atoms with Crippen molar-refractivity contribution in [2.75, 3.05) is 33.4 Å². The molecule has 0 aromatic heterocycles. The number of rotatable bonds is 7. The highest BCUT2D eigenvalue weighted by atomic mass is 19.1. The van der Waals surface area contributed by atoms with Gasteiger partial charge < -0.3 is 19.7 Å². The molecule has 29 heavy (non-hydrogen) atoms. The maximum atomic E-state index is 13.8. The molecule has 0 radical (unpaired) electrons. The van der Waals surface area contributed by atoms with Crippen LogP contribution in [0.1, 0.15) is 23.2 Å². The summed E-state index contributed by atoms with van der Waals surface area (Å²) in [6.07, 6.45) is 1.53. The molecule has 3 rings (SSSR count).